The summed E-state index contributed by atoms with van der Waals surface area (Å²) in [7, 11) is 0. The van der Waals surface area contributed by atoms with Crippen molar-refractivity contribution in [3.8, 4) is 5.75 Å². The highest BCUT2D eigenvalue weighted by Gasteiger charge is 2.26. The van der Waals surface area contributed by atoms with Crippen LogP contribution in [0.1, 0.15) is 54.7 Å². The van der Waals surface area contributed by atoms with Crippen LogP contribution in [0, 0.1) is 6.92 Å². The van der Waals surface area contributed by atoms with Gasteiger partial charge in [-0.05, 0) is 25.3 Å². The molecule has 4 heteroatoms. The van der Waals surface area contributed by atoms with Crippen molar-refractivity contribution in [3.05, 3.63) is 46.9 Å². The zero-order chi connectivity index (χ0) is 15.0. The molecule has 2 aromatic rings. The molecule has 1 aromatic carbocycles. The number of rotatable bonds is 2. The number of benzene rings is 1. The maximum absolute atomic E-state index is 6.17. The molecule has 110 valence electrons. The number of nitrogens with two attached hydrogens (primary N) is 1. The molecule has 0 spiro atoms. The molecule has 2 heterocycles. The van der Waals surface area contributed by atoms with Crippen molar-refractivity contribution >= 4 is 5.82 Å². The number of anilines is 1. The van der Waals surface area contributed by atoms with E-state index in [9.17, 15) is 0 Å². The van der Waals surface area contributed by atoms with Crippen molar-refractivity contribution < 1.29 is 4.74 Å². The number of aromatic nitrogens is 2. The van der Waals surface area contributed by atoms with Gasteiger partial charge in [0, 0.05) is 16.8 Å². The molecule has 2 N–H and O–H groups in total. The van der Waals surface area contributed by atoms with E-state index >= 15 is 0 Å². The van der Waals surface area contributed by atoms with Crippen LogP contribution in [-0.2, 0) is 0 Å². The van der Waals surface area contributed by atoms with Gasteiger partial charge in [-0.1, -0.05) is 32.0 Å². The molecule has 1 unspecified atom stereocenters. The predicted molar refractivity (Wildman–Crippen MR) is 83.7 cm³/mol. The summed E-state index contributed by atoms with van der Waals surface area (Å²) in [6.07, 6.45) is 0.886. The van der Waals surface area contributed by atoms with Gasteiger partial charge in [-0.15, -0.1) is 0 Å². The van der Waals surface area contributed by atoms with Gasteiger partial charge in [0.2, 0.25) is 0 Å². The molecule has 0 saturated heterocycles. The molecular weight excluding hydrogens is 262 g/mol. The fraction of sp³-hybridized carbons (Fsp3) is 0.412. The van der Waals surface area contributed by atoms with Gasteiger partial charge in [0.05, 0.1) is 12.5 Å². The van der Waals surface area contributed by atoms with Gasteiger partial charge in [0.15, 0.2) is 0 Å². The third-order valence-electron chi connectivity index (χ3n) is 4.03. The highest BCUT2D eigenvalue weighted by atomic mass is 16.5. The quantitative estimate of drug-likeness (QED) is 0.917. The average molecular weight is 283 g/mol. The van der Waals surface area contributed by atoms with E-state index < -0.39 is 0 Å². The van der Waals surface area contributed by atoms with Crippen LogP contribution >= 0.6 is 0 Å². The number of hydrogen-bond acceptors (Lipinski definition) is 4. The molecule has 4 nitrogen and oxygen atoms in total. The minimum Gasteiger partial charge on any atom is -0.493 e. The van der Waals surface area contributed by atoms with Gasteiger partial charge in [0.1, 0.15) is 17.4 Å². The minimum atomic E-state index is 0.164. The minimum absolute atomic E-state index is 0.164. The van der Waals surface area contributed by atoms with Crippen molar-refractivity contribution in [1.29, 1.82) is 0 Å². The Bertz CT molecular complexity index is 644. The molecule has 21 heavy (non-hydrogen) atoms. The van der Waals surface area contributed by atoms with E-state index in [1.165, 1.54) is 0 Å². The lowest BCUT2D eigenvalue weighted by molar-refractivity contribution is 0.274. The number of para-hydroxylation sites is 1. The zero-order valence-electron chi connectivity index (χ0n) is 12.8. The lowest BCUT2D eigenvalue weighted by Crippen LogP contribution is -2.19. The average Bonchev–Trinajstić information content (AvgIpc) is 2.45. The van der Waals surface area contributed by atoms with Crippen molar-refractivity contribution in [2.45, 2.75) is 39.0 Å². The zero-order valence-corrected chi connectivity index (χ0v) is 12.8. The molecular formula is C17H21N3O. The molecule has 0 radical (unpaired) electrons. The van der Waals surface area contributed by atoms with E-state index in [-0.39, 0.29) is 5.92 Å². The van der Waals surface area contributed by atoms with Crippen LogP contribution in [0.25, 0.3) is 0 Å². The maximum Gasteiger partial charge on any atom is 0.138 e. The monoisotopic (exact) mass is 283 g/mol. The van der Waals surface area contributed by atoms with Crippen LogP contribution < -0.4 is 10.5 Å². The first-order chi connectivity index (χ1) is 10.1. The highest BCUT2D eigenvalue weighted by molar-refractivity contribution is 5.47. The first kappa shape index (κ1) is 13.9. The Labute approximate surface area is 125 Å². The fourth-order valence-electron chi connectivity index (χ4n) is 3.11. The number of nitrogens with zero attached hydrogens (tertiary/aromatic N) is 2. The molecule has 1 aliphatic rings. The van der Waals surface area contributed by atoms with Gasteiger partial charge in [-0.25, -0.2) is 9.97 Å². The van der Waals surface area contributed by atoms with E-state index in [0.717, 1.165) is 34.8 Å². The molecule has 3 rings (SSSR count). The maximum atomic E-state index is 6.17. The molecule has 0 fully saturated rings. The predicted octanol–water partition coefficient (Wildman–Crippen LogP) is 3.41. The molecule has 1 aromatic heterocycles. The number of nitrogen functional groups attached to an aromatic ring is 1. The molecule has 0 bridgehead atoms. The van der Waals surface area contributed by atoms with Crippen molar-refractivity contribution in [1.82, 2.24) is 9.97 Å². The van der Waals surface area contributed by atoms with Gasteiger partial charge in [-0.3, -0.25) is 0 Å². The first-order valence-electron chi connectivity index (χ1n) is 7.43. The Morgan fingerprint density at radius 3 is 2.71 bits per heavy atom. The molecule has 0 aliphatic carbocycles. The highest BCUT2D eigenvalue weighted by Crippen LogP contribution is 2.37. The summed E-state index contributed by atoms with van der Waals surface area (Å²) in [5.74, 6) is 2.85. The second kappa shape index (κ2) is 5.35. The van der Waals surface area contributed by atoms with E-state index in [2.05, 4.69) is 24.9 Å². The largest absolute Gasteiger partial charge is 0.493 e. The summed E-state index contributed by atoms with van der Waals surface area (Å²) in [6, 6.07) is 8.10. The Morgan fingerprint density at radius 2 is 2.00 bits per heavy atom. The number of fused-ring (bicyclic) bond motifs is 1. The summed E-state index contributed by atoms with van der Waals surface area (Å²) < 4.78 is 5.71. The Balaban J connectivity index is 2.07. The smallest absolute Gasteiger partial charge is 0.138 e. The summed E-state index contributed by atoms with van der Waals surface area (Å²) in [6.45, 7) is 6.94. The lowest BCUT2D eigenvalue weighted by Gasteiger charge is -2.25. The van der Waals surface area contributed by atoms with Crippen molar-refractivity contribution in [2.75, 3.05) is 12.3 Å². The first-order valence-corrected chi connectivity index (χ1v) is 7.43. The molecule has 0 saturated carbocycles. The molecule has 1 atom stereocenters. The lowest BCUT2D eigenvalue weighted by atomic mass is 9.92. The van der Waals surface area contributed by atoms with E-state index in [1.807, 2.05) is 25.1 Å². The number of ether oxygens (including phenoxy) is 1. The topological polar surface area (TPSA) is 61.0 Å². The molecule has 0 amide bonds. The van der Waals surface area contributed by atoms with Crippen LogP contribution in [0.2, 0.25) is 0 Å². The SMILES string of the molecule is Cc1nc(C2CCOc3ccccc32)nc(N)c1C(C)C. The molecule has 1 aliphatic heterocycles. The Hall–Kier alpha value is -2.10. The van der Waals surface area contributed by atoms with Gasteiger partial charge in [-0.2, -0.15) is 0 Å². The van der Waals surface area contributed by atoms with Crippen molar-refractivity contribution in [2.24, 2.45) is 0 Å². The van der Waals surface area contributed by atoms with Crippen LogP contribution in [0.15, 0.2) is 24.3 Å². The van der Waals surface area contributed by atoms with Crippen LogP contribution in [0.4, 0.5) is 5.82 Å². The third-order valence-corrected chi connectivity index (χ3v) is 4.03. The van der Waals surface area contributed by atoms with E-state index in [4.69, 9.17) is 15.5 Å². The summed E-state index contributed by atoms with van der Waals surface area (Å²) in [5.41, 5.74) is 9.36. The normalized spacial score (nSPS) is 17.4. The summed E-state index contributed by atoms with van der Waals surface area (Å²) >= 11 is 0. The number of aryl methyl sites for hydroxylation is 1. The standard InChI is InChI=1S/C17H21N3O/c1-10(2)15-11(3)19-17(20-16(15)18)13-8-9-21-14-7-5-4-6-12(13)14/h4-7,10,13H,8-9H2,1-3H3,(H2,18,19,20). The van der Waals surface area contributed by atoms with Crippen LogP contribution in [0.5, 0.6) is 5.75 Å². The van der Waals surface area contributed by atoms with Crippen molar-refractivity contribution in [3.63, 3.8) is 0 Å². The summed E-state index contributed by atoms with van der Waals surface area (Å²) in [5, 5.41) is 0. The fourth-order valence-corrected chi connectivity index (χ4v) is 3.11. The van der Waals surface area contributed by atoms with Crippen LogP contribution in [-0.4, -0.2) is 16.6 Å². The van der Waals surface area contributed by atoms with Gasteiger partial charge in [0.25, 0.3) is 0 Å². The second-order valence-corrected chi connectivity index (χ2v) is 5.85. The Morgan fingerprint density at radius 1 is 1.24 bits per heavy atom. The van der Waals surface area contributed by atoms with Gasteiger partial charge < -0.3 is 10.5 Å². The van der Waals surface area contributed by atoms with E-state index in [1.54, 1.807) is 0 Å². The Kier molecular flexibility index (Phi) is 3.53. The summed E-state index contributed by atoms with van der Waals surface area (Å²) in [4.78, 5) is 9.32. The second-order valence-electron chi connectivity index (χ2n) is 5.85. The van der Waals surface area contributed by atoms with Gasteiger partial charge >= 0.3 is 0 Å². The van der Waals surface area contributed by atoms with Crippen LogP contribution in [0.3, 0.4) is 0 Å². The third kappa shape index (κ3) is 2.46. The number of hydrogen-bond donors (Lipinski definition) is 1. The van der Waals surface area contributed by atoms with E-state index in [0.29, 0.717) is 18.3 Å².